The van der Waals surface area contributed by atoms with E-state index in [1.54, 1.807) is 12.1 Å². The van der Waals surface area contributed by atoms with E-state index in [1.165, 1.54) is 12.1 Å². The van der Waals surface area contributed by atoms with Crippen molar-refractivity contribution < 1.29 is 23.0 Å². The molecule has 1 amide bonds. The van der Waals surface area contributed by atoms with Crippen LogP contribution in [0.5, 0.6) is 0 Å². The molecule has 0 aliphatic carbocycles. The van der Waals surface area contributed by atoms with Gasteiger partial charge in [0.25, 0.3) is 5.91 Å². The lowest BCUT2D eigenvalue weighted by Gasteiger charge is -2.19. The Morgan fingerprint density at radius 1 is 1.00 bits per heavy atom. The molecule has 4 nitrogen and oxygen atoms in total. The molecule has 0 aliphatic heterocycles. The SMILES string of the molecule is CCCCOCCOCCc1ccccc1C(=O)NC(CC)c1ccc(F)cc1F. The summed E-state index contributed by atoms with van der Waals surface area (Å²) >= 11 is 0. The van der Waals surface area contributed by atoms with Crippen molar-refractivity contribution in [3.8, 4) is 0 Å². The molecule has 0 saturated heterocycles. The minimum Gasteiger partial charge on any atom is -0.379 e. The van der Waals surface area contributed by atoms with Gasteiger partial charge in [-0.2, -0.15) is 0 Å². The summed E-state index contributed by atoms with van der Waals surface area (Å²) in [5.41, 5.74) is 1.66. The van der Waals surface area contributed by atoms with Crippen molar-refractivity contribution in [2.24, 2.45) is 0 Å². The standard InChI is InChI=1S/C24H31F2NO3/c1-3-5-13-29-15-16-30-14-12-18-8-6-7-9-20(18)24(28)27-23(4-2)21-11-10-19(25)17-22(21)26/h6-11,17,23H,3-5,12-16H2,1-2H3,(H,27,28). The van der Waals surface area contributed by atoms with Crippen LogP contribution in [0.25, 0.3) is 0 Å². The number of carbonyl (C=O) groups is 1. The first kappa shape index (κ1) is 24.0. The van der Waals surface area contributed by atoms with Gasteiger partial charge in [0.05, 0.1) is 25.9 Å². The molecule has 2 aromatic carbocycles. The summed E-state index contributed by atoms with van der Waals surface area (Å²) in [5.74, 6) is -1.59. The third-order valence-corrected chi connectivity index (χ3v) is 4.84. The predicted octanol–water partition coefficient (Wildman–Crippen LogP) is 5.22. The van der Waals surface area contributed by atoms with Crippen molar-refractivity contribution >= 4 is 5.91 Å². The third kappa shape index (κ3) is 7.50. The second kappa shape index (κ2) is 13.1. The number of unbranched alkanes of at least 4 members (excludes halogenated alkanes) is 1. The molecule has 30 heavy (non-hydrogen) atoms. The fraction of sp³-hybridized carbons (Fsp3) is 0.458. The quantitative estimate of drug-likeness (QED) is 0.453. The second-order valence-corrected chi connectivity index (χ2v) is 7.09. The highest BCUT2D eigenvalue weighted by Gasteiger charge is 2.19. The summed E-state index contributed by atoms with van der Waals surface area (Å²) in [6.07, 6.45) is 3.22. The van der Waals surface area contributed by atoms with E-state index in [9.17, 15) is 13.6 Å². The summed E-state index contributed by atoms with van der Waals surface area (Å²) in [6, 6.07) is 10.2. The van der Waals surface area contributed by atoms with E-state index in [1.807, 2.05) is 19.1 Å². The lowest BCUT2D eigenvalue weighted by Crippen LogP contribution is -2.29. The van der Waals surface area contributed by atoms with Crippen LogP contribution < -0.4 is 5.32 Å². The maximum absolute atomic E-state index is 14.1. The third-order valence-electron chi connectivity index (χ3n) is 4.84. The number of benzene rings is 2. The number of rotatable bonds is 13. The van der Waals surface area contributed by atoms with Crippen molar-refractivity contribution in [3.05, 3.63) is 70.8 Å². The number of carbonyl (C=O) groups excluding carboxylic acids is 1. The Balaban J connectivity index is 1.92. The van der Waals surface area contributed by atoms with Crippen LogP contribution in [0.3, 0.4) is 0 Å². The van der Waals surface area contributed by atoms with Crippen LogP contribution in [-0.2, 0) is 15.9 Å². The molecule has 2 rings (SSSR count). The van der Waals surface area contributed by atoms with E-state index in [4.69, 9.17) is 9.47 Å². The van der Waals surface area contributed by atoms with Crippen molar-refractivity contribution in [2.45, 2.75) is 45.6 Å². The van der Waals surface area contributed by atoms with Crippen LogP contribution in [0.15, 0.2) is 42.5 Å². The van der Waals surface area contributed by atoms with Crippen molar-refractivity contribution in [1.82, 2.24) is 5.32 Å². The second-order valence-electron chi connectivity index (χ2n) is 7.09. The van der Waals surface area contributed by atoms with E-state index in [0.717, 1.165) is 31.1 Å². The van der Waals surface area contributed by atoms with Crippen molar-refractivity contribution in [2.75, 3.05) is 26.4 Å². The smallest absolute Gasteiger partial charge is 0.252 e. The Morgan fingerprint density at radius 2 is 1.73 bits per heavy atom. The van der Waals surface area contributed by atoms with Gasteiger partial charge in [0.1, 0.15) is 11.6 Å². The van der Waals surface area contributed by atoms with Gasteiger partial charge in [0.2, 0.25) is 0 Å². The van der Waals surface area contributed by atoms with E-state index in [0.29, 0.717) is 38.2 Å². The van der Waals surface area contributed by atoms with Gasteiger partial charge in [-0.1, -0.05) is 44.5 Å². The molecule has 0 spiro atoms. The highest BCUT2D eigenvalue weighted by atomic mass is 19.1. The van der Waals surface area contributed by atoms with E-state index in [2.05, 4.69) is 12.2 Å². The van der Waals surface area contributed by atoms with Gasteiger partial charge in [-0.25, -0.2) is 8.78 Å². The van der Waals surface area contributed by atoms with E-state index >= 15 is 0 Å². The average Bonchev–Trinajstić information content (AvgIpc) is 2.74. The fourth-order valence-corrected chi connectivity index (χ4v) is 3.13. The van der Waals surface area contributed by atoms with Crippen LogP contribution in [0.4, 0.5) is 8.78 Å². The van der Waals surface area contributed by atoms with Gasteiger partial charge in [-0.05, 0) is 37.0 Å². The average molecular weight is 420 g/mol. The van der Waals surface area contributed by atoms with Gasteiger partial charge in [0, 0.05) is 23.8 Å². The van der Waals surface area contributed by atoms with Crippen LogP contribution >= 0.6 is 0 Å². The lowest BCUT2D eigenvalue weighted by molar-refractivity contribution is 0.0478. The minimum absolute atomic E-state index is 0.274. The first-order valence-electron chi connectivity index (χ1n) is 10.6. The van der Waals surface area contributed by atoms with Crippen LogP contribution in [0.2, 0.25) is 0 Å². The molecule has 6 heteroatoms. The Kier molecular flexibility index (Phi) is 10.5. The molecule has 164 valence electrons. The highest BCUT2D eigenvalue weighted by Crippen LogP contribution is 2.22. The topological polar surface area (TPSA) is 47.6 Å². The Hall–Kier alpha value is -2.31. The molecule has 0 aliphatic rings. The van der Waals surface area contributed by atoms with E-state index < -0.39 is 17.7 Å². The zero-order chi connectivity index (χ0) is 21.8. The number of amides is 1. The molecule has 0 bridgehead atoms. The molecular formula is C24H31F2NO3. The van der Waals surface area contributed by atoms with Gasteiger partial charge >= 0.3 is 0 Å². The lowest BCUT2D eigenvalue weighted by atomic mass is 10.0. The Labute approximate surface area is 177 Å². The number of nitrogens with one attached hydrogen (secondary N) is 1. The Morgan fingerprint density at radius 3 is 2.43 bits per heavy atom. The molecule has 0 radical (unpaired) electrons. The van der Waals surface area contributed by atoms with Gasteiger partial charge in [-0.15, -0.1) is 0 Å². The molecule has 0 fully saturated rings. The molecule has 2 aromatic rings. The first-order valence-corrected chi connectivity index (χ1v) is 10.6. The number of hydrogen-bond acceptors (Lipinski definition) is 3. The number of halogens is 2. The van der Waals surface area contributed by atoms with Crippen molar-refractivity contribution in [3.63, 3.8) is 0 Å². The Bertz CT molecular complexity index is 798. The molecule has 0 aromatic heterocycles. The number of ether oxygens (including phenoxy) is 2. The van der Waals surface area contributed by atoms with Crippen LogP contribution in [-0.4, -0.2) is 32.3 Å². The fourth-order valence-electron chi connectivity index (χ4n) is 3.13. The normalized spacial score (nSPS) is 12.0. The maximum atomic E-state index is 14.1. The summed E-state index contributed by atoms with van der Waals surface area (Å²) in [4.78, 5) is 12.9. The van der Waals surface area contributed by atoms with Crippen LogP contribution in [0.1, 0.15) is 60.6 Å². The van der Waals surface area contributed by atoms with Crippen LogP contribution in [0, 0.1) is 11.6 Å². The van der Waals surface area contributed by atoms with Gasteiger partial charge < -0.3 is 14.8 Å². The number of hydrogen-bond donors (Lipinski definition) is 1. The molecular weight excluding hydrogens is 388 g/mol. The minimum atomic E-state index is -0.662. The maximum Gasteiger partial charge on any atom is 0.252 e. The largest absolute Gasteiger partial charge is 0.379 e. The molecule has 1 unspecified atom stereocenters. The summed E-state index contributed by atoms with van der Waals surface area (Å²) < 4.78 is 38.4. The first-order chi connectivity index (χ1) is 14.6. The van der Waals surface area contributed by atoms with Gasteiger partial charge in [0.15, 0.2) is 0 Å². The van der Waals surface area contributed by atoms with Crippen molar-refractivity contribution in [1.29, 1.82) is 0 Å². The monoisotopic (exact) mass is 419 g/mol. The predicted molar refractivity (Wildman–Crippen MR) is 114 cm³/mol. The zero-order valence-electron chi connectivity index (χ0n) is 17.8. The summed E-state index contributed by atoms with van der Waals surface area (Å²) in [5, 5.41) is 2.87. The molecule has 0 heterocycles. The summed E-state index contributed by atoms with van der Waals surface area (Å²) in [6.45, 7) is 6.26. The molecule has 0 saturated carbocycles. The zero-order valence-corrected chi connectivity index (χ0v) is 17.8. The molecule has 1 atom stereocenters. The molecule has 1 N–H and O–H groups in total. The van der Waals surface area contributed by atoms with E-state index in [-0.39, 0.29) is 11.5 Å². The van der Waals surface area contributed by atoms with Gasteiger partial charge in [-0.3, -0.25) is 4.79 Å². The summed E-state index contributed by atoms with van der Waals surface area (Å²) in [7, 11) is 0. The highest BCUT2D eigenvalue weighted by molar-refractivity contribution is 5.96.